The van der Waals surface area contributed by atoms with E-state index >= 15 is 0 Å². The molecule has 0 radical (unpaired) electrons. The third kappa shape index (κ3) is 1.57. The fourth-order valence-electron chi connectivity index (χ4n) is 1.23. The van der Waals surface area contributed by atoms with Crippen molar-refractivity contribution >= 4 is 50.0 Å². The summed E-state index contributed by atoms with van der Waals surface area (Å²) in [7, 11) is 0. The molecule has 0 saturated carbocycles. The Bertz CT molecular complexity index is 518. The predicted octanol–water partition coefficient (Wildman–Crippen LogP) is 2.91. The molecule has 1 aromatic heterocycles. The Hall–Kier alpha value is -0.820. The number of rotatable bonds is 1. The lowest BCUT2D eigenvalue weighted by molar-refractivity contribution is 0.0696. The molecule has 0 spiro atoms. The Kier molecular flexibility index (Phi) is 2.36. The van der Waals surface area contributed by atoms with Gasteiger partial charge in [-0.3, -0.25) is 0 Å². The van der Waals surface area contributed by atoms with E-state index in [1.54, 1.807) is 6.07 Å². The van der Waals surface area contributed by atoms with Crippen LogP contribution in [0.1, 0.15) is 10.4 Å². The van der Waals surface area contributed by atoms with Crippen molar-refractivity contribution in [2.24, 2.45) is 0 Å². The van der Waals surface area contributed by atoms with Crippen molar-refractivity contribution in [2.75, 3.05) is 0 Å². The van der Waals surface area contributed by atoms with Crippen LogP contribution in [0, 0.1) is 2.88 Å². The van der Waals surface area contributed by atoms with Gasteiger partial charge < -0.3 is 10.2 Å². The van der Waals surface area contributed by atoms with Crippen LogP contribution >= 0.6 is 33.9 Å². The summed E-state index contributed by atoms with van der Waals surface area (Å²) in [5.74, 6) is -0.990. The van der Waals surface area contributed by atoms with Crippen LogP contribution in [0.3, 0.4) is 0 Å². The lowest BCUT2D eigenvalue weighted by Gasteiger charge is -1.97. The van der Waals surface area contributed by atoms with Crippen LogP contribution in [0.25, 0.3) is 10.1 Å². The fourth-order valence-corrected chi connectivity index (χ4v) is 3.00. The molecule has 0 aliphatic rings. The number of aromatic carboxylic acids is 1. The van der Waals surface area contributed by atoms with E-state index in [0.717, 1.165) is 13.0 Å². The molecule has 0 aliphatic heterocycles. The molecule has 0 atom stereocenters. The molecule has 1 heterocycles. The van der Waals surface area contributed by atoms with Crippen LogP contribution in [0.15, 0.2) is 18.2 Å². The zero-order chi connectivity index (χ0) is 10.3. The maximum absolute atomic E-state index is 10.7. The standard InChI is InChI=1S/C9H5IO3S/c10-7-3-4-1-5(9(12)13)2-6(11)8(4)14-7/h1-3,11H,(H,12,13). The highest BCUT2D eigenvalue weighted by atomic mass is 127. The minimum Gasteiger partial charge on any atom is -0.506 e. The average Bonchev–Trinajstić information content (AvgIpc) is 2.45. The number of fused-ring (bicyclic) bond motifs is 1. The van der Waals surface area contributed by atoms with Crippen LogP contribution in [-0.2, 0) is 0 Å². The summed E-state index contributed by atoms with van der Waals surface area (Å²) < 4.78 is 1.76. The molecule has 0 fully saturated rings. The molecule has 2 aromatic rings. The summed E-state index contributed by atoms with van der Waals surface area (Å²) in [5, 5.41) is 19.1. The summed E-state index contributed by atoms with van der Waals surface area (Å²) in [6, 6.07) is 4.69. The third-order valence-electron chi connectivity index (χ3n) is 1.81. The number of hydrogen-bond donors (Lipinski definition) is 2. The Morgan fingerprint density at radius 1 is 1.36 bits per heavy atom. The number of halogens is 1. The van der Waals surface area contributed by atoms with Gasteiger partial charge in [-0.15, -0.1) is 11.3 Å². The zero-order valence-corrected chi connectivity index (χ0v) is 9.79. The SMILES string of the molecule is O=C(O)c1cc(O)c2sc(I)cc2c1. The number of thiophene rings is 1. The van der Waals surface area contributed by atoms with Crippen LogP contribution in [0.5, 0.6) is 5.75 Å². The Morgan fingerprint density at radius 2 is 2.07 bits per heavy atom. The Balaban J connectivity index is 2.77. The number of carboxylic acids is 1. The van der Waals surface area contributed by atoms with Crippen LogP contribution in [0.2, 0.25) is 0 Å². The van der Waals surface area contributed by atoms with Crippen molar-refractivity contribution < 1.29 is 15.0 Å². The fraction of sp³-hybridized carbons (Fsp3) is 0. The van der Waals surface area contributed by atoms with E-state index in [1.807, 2.05) is 6.07 Å². The quantitative estimate of drug-likeness (QED) is 0.795. The van der Waals surface area contributed by atoms with Crippen LogP contribution < -0.4 is 0 Å². The monoisotopic (exact) mass is 320 g/mol. The van der Waals surface area contributed by atoms with Gasteiger partial charge in [-0.1, -0.05) is 0 Å². The van der Waals surface area contributed by atoms with Crippen molar-refractivity contribution in [3.8, 4) is 5.75 Å². The van der Waals surface area contributed by atoms with E-state index in [0.29, 0.717) is 0 Å². The Labute approximate surface area is 97.1 Å². The number of phenols is 1. The molecule has 2 rings (SSSR count). The van der Waals surface area contributed by atoms with Gasteiger partial charge in [-0.05, 0) is 46.2 Å². The molecule has 5 heteroatoms. The Morgan fingerprint density at radius 3 is 2.71 bits per heavy atom. The van der Waals surface area contributed by atoms with Crippen LogP contribution in [-0.4, -0.2) is 16.2 Å². The van der Waals surface area contributed by atoms with E-state index < -0.39 is 5.97 Å². The highest BCUT2D eigenvalue weighted by molar-refractivity contribution is 14.1. The second-order valence-corrected chi connectivity index (χ2v) is 5.72. The minimum absolute atomic E-state index is 0.0350. The van der Waals surface area contributed by atoms with Crippen molar-refractivity contribution in [3.05, 3.63) is 26.6 Å². The maximum Gasteiger partial charge on any atom is 0.335 e. The van der Waals surface area contributed by atoms with Gasteiger partial charge in [0.1, 0.15) is 5.75 Å². The van der Waals surface area contributed by atoms with Gasteiger partial charge >= 0.3 is 5.97 Å². The highest BCUT2D eigenvalue weighted by Crippen LogP contribution is 2.34. The first-order valence-corrected chi connectivity index (χ1v) is 5.63. The van der Waals surface area contributed by atoms with Gasteiger partial charge in [0.25, 0.3) is 0 Å². The second kappa shape index (κ2) is 3.39. The van der Waals surface area contributed by atoms with E-state index in [9.17, 15) is 9.90 Å². The number of benzene rings is 1. The smallest absolute Gasteiger partial charge is 0.335 e. The number of phenolic OH excluding ortho intramolecular Hbond substituents is 1. The van der Waals surface area contributed by atoms with Crippen molar-refractivity contribution in [1.29, 1.82) is 0 Å². The molecular formula is C9H5IO3S. The van der Waals surface area contributed by atoms with Crippen LogP contribution in [0.4, 0.5) is 0 Å². The van der Waals surface area contributed by atoms with Crippen molar-refractivity contribution in [1.82, 2.24) is 0 Å². The maximum atomic E-state index is 10.7. The molecule has 0 unspecified atom stereocenters. The van der Waals surface area contributed by atoms with Gasteiger partial charge in [-0.2, -0.15) is 0 Å². The summed E-state index contributed by atoms with van der Waals surface area (Å²) in [5.41, 5.74) is 0.115. The largest absolute Gasteiger partial charge is 0.506 e. The topological polar surface area (TPSA) is 57.5 Å². The number of aromatic hydroxyl groups is 1. The van der Waals surface area contributed by atoms with Crippen molar-refractivity contribution in [2.45, 2.75) is 0 Å². The van der Waals surface area contributed by atoms with Crippen molar-refractivity contribution in [3.63, 3.8) is 0 Å². The lowest BCUT2D eigenvalue weighted by Crippen LogP contribution is -1.94. The molecule has 72 valence electrons. The van der Waals surface area contributed by atoms with Gasteiger partial charge in [0, 0.05) is 0 Å². The second-order valence-electron chi connectivity index (χ2n) is 2.77. The van der Waals surface area contributed by atoms with Gasteiger partial charge in [-0.25, -0.2) is 4.79 Å². The molecule has 0 aliphatic carbocycles. The highest BCUT2D eigenvalue weighted by Gasteiger charge is 2.10. The molecule has 1 aromatic carbocycles. The minimum atomic E-state index is -1.02. The molecule has 0 bridgehead atoms. The molecule has 2 N–H and O–H groups in total. The third-order valence-corrected chi connectivity index (χ3v) is 3.75. The molecular weight excluding hydrogens is 315 g/mol. The van der Waals surface area contributed by atoms with E-state index in [-0.39, 0.29) is 11.3 Å². The first-order valence-electron chi connectivity index (χ1n) is 3.73. The zero-order valence-electron chi connectivity index (χ0n) is 6.82. The lowest BCUT2D eigenvalue weighted by atomic mass is 10.1. The molecule has 0 amide bonds. The number of carbonyl (C=O) groups is 1. The summed E-state index contributed by atoms with van der Waals surface area (Å²) in [4.78, 5) is 10.7. The summed E-state index contributed by atoms with van der Waals surface area (Å²) in [6.07, 6.45) is 0. The summed E-state index contributed by atoms with van der Waals surface area (Å²) in [6.45, 7) is 0. The molecule has 14 heavy (non-hydrogen) atoms. The average molecular weight is 320 g/mol. The van der Waals surface area contributed by atoms with E-state index in [1.165, 1.54) is 17.4 Å². The normalized spacial score (nSPS) is 10.6. The van der Waals surface area contributed by atoms with Gasteiger partial charge in [0.15, 0.2) is 0 Å². The van der Waals surface area contributed by atoms with Gasteiger partial charge in [0.2, 0.25) is 0 Å². The first-order chi connectivity index (χ1) is 6.58. The number of carboxylic acid groups (broad SMARTS) is 1. The molecule has 3 nitrogen and oxygen atoms in total. The van der Waals surface area contributed by atoms with E-state index in [4.69, 9.17) is 5.11 Å². The molecule has 0 saturated heterocycles. The van der Waals surface area contributed by atoms with Gasteiger partial charge in [0.05, 0.1) is 13.1 Å². The predicted molar refractivity (Wildman–Crippen MR) is 63.2 cm³/mol. The first kappa shape index (κ1) is 9.72. The number of hydrogen-bond acceptors (Lipinski definition) is 3. The van der Waals surface area contributed by atoms with E-state index in [2.05, 4.69) is 22.6 Å². The summed E-state index contributed by atoms with van der Waals surface area (Å²) >= 11 is 3.58.